The molecule has 1 aliphatic rings. The molecule has 14 heavy (non-hydrogen) atoms. The van der Waals surface area contributed by atoms with E-state index in [2.05, 4.69) is 10.1 Å². The molecule has 5 heteroatoms. The molecule has 0 fully saturated rings. The van der Waals surface area contributed by atoms with Crippen molar-refractivity contribution in [3.63, 3.8) is 0 Å². The van der Waals surface area contributed by atoms with Gasteiger partial charge >= 0.3 is 6.16 Å². The Morgan fingerprint density at radius 3 is 3.29 bits per heavy atom. The molecule has 4 nitrogen and oxygen atoms in total. The Labute approximate surface area is 85.1 Å². The number of rotatable bonds is 1. The highest BCUT2D eigenvalue weighted by Gasteiger charge is 2.14. The molecule has 1 aromatic rings. The highest BCUT2D eigenvalue weighted by molar-refractivity contribution is 7.11. The lowest BCUT2D eigenvalue weighted by Gasteiger charge is -2.14. The van der Waals surface area contributed by atoms with Gasteiger partial charge in [0.15, 0.2) is 0 Å². The third-order valence-electron chi connectivity index (χ3n) is 1.86. The van der Waals surface area contributed by atoms with Gasteiger partial charge in [-0.3, -0.25) is 0 Å². The number of hydrogen-bond donors (Lipinski definition) is 1. The number of carbonyl (C=O) groups is 1. The summed E-state index contributed by atoms with van der Waals surface area (Å²) in [4.78, 5) is 11.9. The largest absolute Gasteiger partial charge is 0.514 e. The maximum absolute atomic E-state index is 10.8. The fourth-order valence-corrected chi connectivity index (χ4v) is 2.02. The summed E-state index contributed by atoms with van der Waals surface area (Å²) in [6.45, 7) is 0.682. The minimum absolute atomic E-state index is 0.437. The number of hydrogen-bond acceptors (Lipinski definition) is 5. The lowest BCUT2D eigenvalue weighted by atomic mass is 10.2. The highest BCUT2D eigenvalue weighted by atomic mass is 32.1. The van der Waals surface area contributed by atoms with E-state index >= 15 is 0 Å². The summed E-state index contributed by atoms with van der Waals surface area (Å²) in [7, 11) is 1.28. The molecule has 2 heterocycles. The zero-order valence-corrected chi connectivity index (χ0v) is 8.39. The van der Waals surface area contributed by atoms with Crippen LogP contribution in [0.15, 0.2) is 17.3 Å². The first kappa shape index (κ1) is 9.08. The van der Waals surface area contributed by atoms with Crippen molar-refractivity contribution in [1.29, 1.82) is 0 Å². The van der Waals surface area contributed by atoms with Crippen LogP contribution in [0.3, 0.4) is 0 Å². The van der Waals surface area contributed by atoms with Crippen molar-refractivity contribution in [1.82, 2.24) is 5.32 Å². The summed E-state index contributed by atoms with van der Waals surface area (Å²) in [5.74, 6) is 0.437. The summed E-state index contributed by atoms with van der Waals surface area (Å²) in [6.07, 6.45) is 1.09. The van der Waals surface area contributed by atoms with Crippen molar-refractivity contribution in [2.24, 2.45) is 0 Å². The van der Waals surface area contributed by atoms with Gasteiger partial charge in [0.05, 0.1) is 7.11 Å². The number of thiophene rings is 1. The van der Waals surface area contributed by atoms with Gasteiger partial charge in [-0.1, -0.05) is 0 Å². The fourth-order valence-electron chi connectivity index (χ4n) is 1.17. The van der Waals surface area contributed by atoms with Gasteiger partial charge in [0.25, 0.3) is 0 Å². The molecular formula is C9H9NO3S. The van der Waals surface area contributed by atoms with Crippen molar-refractivity contribution >= 4 is 23.6 Å². The Bertz CT molecular complexity index is 383. The van der Waals surface area contributed by atoms with Crippen molar-refractivity contribution in [2.45, 2.75) is 6.54 Å². The van der Waals surface area contributed by atoms with E-state index < -0.39 is 6.16 Å². The van der Waals surface area contributed by atoms with Gasteiger partial charge in [0, 0.05) is 17.5 Å². The first-order valence-electron chi connectivity index (χ1n) is 4.07. The molecule has 0 atom stereocenters. The summed E-state index contributed by atoms with van der Waals surface area (Å²) in [6, 6.07) is 2.04. The van der Waals surface area contributed by atoms with Crippen LogP contribution in [0.5, 0.6) is 0 Å². The predicted molar refractivity (Wildman–Crippen MR) is 52.6 cm³/mol. The molecule has 0 aromatic carbocycles. The van der Waals surface area contributed by atoms with E-state index in [0.29, 0.717) is 12.4 Å². The van der Waals surface area contributed by atoms with Crippen LogP contribution < -0.4 is 5.32 Å². The topological polar surface area (TPSA) is 47.6 Å². The van der Waals surface area contributed by atoms with Crippen molar-refractivity contribution in [3.05, 3.63) is 27.8 Å². The molecule has 1 N–H and O–H groups in total. The molecule has 0 radical (unpaired) electrons. The van der Waals surface area contributed by atoms with Gasteiger partial charge in [-0.25, -0.2) is 4.79 Å². The molecule has 0 unspecified atom stereocenters. The van der Waals surface area contributed by atoms with Crippen molar-refractivity contribution in [2.75, 3.05) is 7.11 Å². The monoisotopic (exact) mass is 211 g/mol. The minimum Gasteiger partial charge on any atom is -0.437 e. The number of nitrogens with one attached hydrogen (secondary N) is 1. The quantitative estimate of drug-likeness (QED) is 0.721. The zero-order valence-electron chi connectivity index (χ0n) is 7.57. The van der Waals surface area contributed by atoms with E-state index in [1.165, 1.54) is 12.7 Å². The molecule has 1 aliphatic heterocycles. The minimum atomic E-state index is -0.705. The standard InChI is InChI=1S/C9H9NO3S/c1-12-9(11)13-8-4-7-6(5-10-8)2-3-14-7/h2-4,10H,5H2,1H3. The maximum atomic E-state index is 10.8. The van der Waals surface area contributed by atoms with Gasteiger partial charge in [0.2, 0.25) is 5.88 Å². The Kier molecular flexibility index (Phi) is 2.41. The van der Waals surface area contributed by atoms with E-state index in [1.54, 1.807) is 17.4 Å². The maximum Gasteiger partial charge on any atom is 0.514 e. The molecule has 0 saturated carbocycles. The van der Waals surface area contributed by atoms with E-state index in [1.807, 2.05) is 11.4 Å². The lowest BCUT2D eigenvalue weighted by Crippen LogP contribution is -2.21. The third kappa shape index (κ3) is 1.72. The second-order valence-electron chi connectivity index (χ2n) is 2.73. The molecular weight excluding hydrogens is 202 g/mol. The predicted octanol–water partition coefficient (Wildman–Crippen LogP) is 1.93. The Morgan fingerprint density at radius 1 is 1.64 bits per heavy atom. The summed E-state index contributed by atoms with van der Waals surface area (Å²) in [5.41, 5.74) is 1.22. The Balaban J connectivity index is 2.13. The number of ether oxygens (including phenoxy) is 2. The number of carbonyl (C=O) groups excluding carboxylic acids is 1. The average Bonchev–Trinajstić information content (AvgIpc) is 2.64. The van der Waals surface area contributed by atoms with Crippen LogP contribution in [0.25, 0.3) is 6.08 Å². The number of methoxy groups -OCH3 is 1. The summed E-state index contributed by atoms with van der Waals surface area (Å²) in [5, 5.41) is 4.98. The van der Waals surface area contributed by atoms with E-state index in [0.717, 1.165) is 4.88 Å². The summed E-state index contributed by atoms with van der Waals surface area (Å²) < 4.78 is 9.25. The SMILES string of the molecule is COC(=O)OC1=Cc2sccc2CN1. The average molecular weight is 211 g/mol. The van der Waals surface area contributed by atoms with Crippen LogP contribution in [0.4, 0.5) is 4.79 Å². The molecule has 0 aliphatic carbocycles. The molecule has 0 bridgehead atoms. The first-order chi connectivity index (χ1) is 6.79. The van der Waals surface area contributed by atoms with Gasteiger partial charge < -0.3 is 14.8 Å². The molecule has 0 spiro atoms. The van der Waals surface area contributed by atoms with Crippen LogP contribution in [0.2, 0.25) is 0 Å². The van der Waals surface area contributed by atoms with Crippen molar-refractivity contribution < 1.29 is 14.3 Å². The van der Waals surface area contributed by atoms with Gasteiger partial charge in [-0.15, -0.1) is 11.3 Å². The molecule has 0 amide bonds. The second kappa shape index (κ2) is 3.71. The van der Waals surface area contributed by atoms with E-state index in [4.69, 9.17) is 4.74 Å². The van der Waals surface area contributed by atoms with Gasteiger partial charge in [-0.2, -0.15) is 0 Å². The van der Waals surface area contributed by atoms with E-state index in [-0.39, 0.29) is 0 Å². The van der Waals surface area contributed by atoms with Crippen LogP contribution in [-0.2, 0) is 16.0 Å². The molecule has 2 rings (SSSR count). The van der Waals surface area contributed by atoms with Crippen LogP contribution >= 0.6 is 11.3 Å². The van der Waals surface area contributed by atoms with Crippen molar-refractivity contribution in [3.8, 4) is 0 Å². The Morgan fingerprint density at radius 2 is 2.50 bits per heavy atom. The molecule has 74 valence electrons. The number of fused-ring (bicyclic) bond motifs is 1. The van der Waals surface area contributed by atoms with E-state index in [9.17, 15) is 4.79 Å². The van der Waals surface area contributed by atoms with Gasteiger partial charge in [-0.05, 0) is 17.0 Å². The van der Waals surface area contributed by atoms with Crippen LogP contribution in [0.1, 0.15) is 10.4 Å². The lowest BCUT2D eigenvalue weighted by molar-refractivity contribution is 0.0925. The zero-order chi connectivity index (χ0) is 9.97. The molecule has 0 saturated heterocycles. The van der Waals surface area contributed by atoms with Gasteiger partial charge in [0.1, 0.15) is 0 Å². The first-order valence-corrected chi connectivity index (χ1v) is 4.95. The fraction of sp³-hybridized carbons (Fsp3) is 0.222. The second-order valence-corrected chi connectivity index (χ2v) is 3.68. The smallest absolute Gasteiger partial charge is 0.437 e. The van der Waals surface area contributed by atoms with Crippen LogP contribution in [-0.4, -0.2) is 13.3 Å². The summed E-state index contributed by atoms with van der Waals surface area (Å²) >= 11 is 1.62. The highest BCUT2D eigenvalue weighted by Crippen LogP contribution is 2.23. The molecule has 1 aromatic heterocycles. The third-order valence-corrected chi connectivity index (χ3v) is 2.76. The Hall–Kier alpha value is -1.49. The normalized spacial score (nSPS) is 13.6. The van der Waals surface area contributed by atoms with Crippen LogP contribution in [0, 0.1) is 0 Å².